The highest BCUT2D eigenvalue weighted by atomic mass is 32.2. The smallest absolute Gasteiger partial charge is 0.264 e. The van der Waals surface area contributed by atoms with E-state index in [0.29, 0.717) is 23.2 Å². The summed E-state index contributed by atoms with van der Waals surface area (Å²) in [5.41, 5.74) is 4.66. The van der Waals surface area contributed by atoms with E-state index in [0.717, 1.165) is 27.5 Å². The lowest BCUT2D eigenvalue weighted by Crippen LogP contribution is -2.42. The largest absolute Gasteiger partial charge is 0.294 e. The molecule has 6 aromatic rings. The summed E-state index contributed by atoms with van der Waals surface area (Å²) in [6, 6.07) is 50.2. The van der Waals surface area contributed by atoms with Gasteiger partial charge in [0.15, 0.2) is 5.78 Å². The van der Waals surface area contributed by atoms with Crippen LogP contribution in [0.3, 0.4) is 0 Å². The molecule has 0 aliphatic carbocycles. The fourth-order valence-electron chi connectivity index (χ4n) is 6.56. The average molecular weight is 620 g/mol. The van der Waals surface area contributed by atoms with Crippen LogP contribution in [0.1, 0.15) is 38.5 Å². The van der Waals surface area contributed by atoms with Crippen molar-refractivity contribution in [2.75, 3.05) is 6.54 Å². The first-order valence-electron chi connectivity index (χ1n) is 15.5. The van der Waals surface area contributed by atoms with Gasteiger partial charge in [-0.25, -0.2) is 8.42 Å². The lowest BCUT2D eigenvalue weighted by Gasteiger charge is -2.38. The van der Waals surface area contributed by atoms with Crippen molar-refractivity contribution in [3.05, 3.63) is 192 Å². The molecule has 0 amide bonds. The van der Waals surface area contributed by atoms with Crippen LogP contribution in [0, 0.1) is 5.92 Å². The van der Waals surface area contributed by atoms with Crippen LogP contribution >= 0.6 is 0 Å². The second-order valence-electron chi connectivity index (χ2n) is 11.7. The number of allylic oxidation sites excluding steroid dienone is 1. The molecule has 6 aromatic carbocycles. The van der Waals surface area contributed by atoms with Gasteiger partial charge in [-0.3, -0.25) is 9.10 Å². The van der Waals surface area contributed by atoms with Crippen LogP contribution in [0.2, 0.25) is 0 Å². The predicted octanol–water partition coefficient (Wildman–Crippen LogP) is 8.76. The van der Waals surface area contributed by atoms with Crippen LogP contribution in [0.5, 0.6) is 0 Å². The Balaban J connectivity index is 1.40. The Kier molecular flexibility index (Phi) is 8.08. The molecule has 0 fully saturated rings. The molecule has 4 nitrogen and oxygen atoms in total. The zero-order valence-electron chi connectivity index (χ0n) is 25.2. The first kappa shape index (κ1) is 29.5. The third-order valence-corrected chi connectivity index (χ3v) is 10.7. The van der Waals surface area contributed by atoms with Gasteiger partial charge in [0, 0.05) is 18.0 Å². The number of sulfonamides is 1. The van der Waals surface area contributed by atoms with Crippen molar-refractivity contribution in [1.29, 1.82) is 0 Å². The van der Waals surface area contributed by atoms with E-state index in [9.17, 15) is 13.2 Å². The highest BCUT2D eigenvalue weighted by Crippen LogP contribution is 2.42. The van der Waals surface area contributed by atoms with Crippen molar-refractivity contribution >= 4 is 32.3 Å². The monoisotopic (exact) mass is 619 g/mol. The van der Waals surface area contributed by atoms with Gasteiger partial charge in [-0.1, -0.05) is 158 Å². The summed E-state index contributed by atoms with van der Waals surface area (Å²) in [7, 11) is -4.09. The molecule has 226 valence electrons. The molecule has 1 heterocycles. The lowest BCUT2D eigenvalue weighted by atomic mass is 9.77. The molecule has 0 radical (unpaired) electrons. The van der Waals surface area contributed by atoms with Gasteiger partial charge in [-0.2, -0.15) is 0 Å². The number of rotatable bonds is 8. The van der Waals surface area contributed by atoms with Gasteiger partial charge in [-0.05, 0) is 45.5 Å². The van der Waals surface area contributed by atoms with E-state index in [1.807, 2.05) is 152 Å². The van der Waals surface area contributed by atoms with Gasteiger partial charge in [0.1, 0.15) is 0 Å². The van der Waals surface area contributed by atoms with E-state index in [1.54, 1.807) is 12.1 Å². The topological polar surface area (TPSA) is 54.5 Å². The molecule has 0 spiro atoms. The second-order valence-corrected chi connectivity index (χ2v) is 13.5. The standard InChI is InChI=1S/C41H33NO3S/c43-41(36-25-14-23-31-19-10-12-24-35(31)36)38-29-42(39(33-20-8-3-9-21-33)28-37(38)32-17-6-2-7-18-32)46(44,45)40-26-13-11-22-34(40)27-30-15-4-1-5-16-30/h1-26,28,37-38H,27,29H2. The maximum absolute atomic E-state index is 14.9. The van der Waals surface area contributed by atoms with Crippen LogP contribution < -0.4 is 0 Å². The molecule has 7 rings (SSSR count). The zero-order valence-corrected chi connectivity index (χ0v) is 26.1. The number of ketones is 1. The van der Waals surface area contributed by atoms with Crippen molar-refractivity contribution in [2.24, 2.45) is 5.92 Å². The van der Waals surface area contributed by atoms with E-state index < -0.39 is 15.9 Å². The van der Waals surface area contributed by atoms with Crippen LogP contribution in [-0.2, 0) is 16.4 Å². The minimum absolute atomic E-state index is 0.00431. The van der Waals surface area contributed by atoms with Crippen LogP contribution in [0.25, 0.3) is 16.5 Å². The summed E-state index contributed by atoms with van der Waals surface area (Å²) in [5, 5.41) is 1.84. The summed E-state index contributed by atoms with van der Waals surface area (Å²) in [5.74, 6) is -1.07. The second kappa shape index (κ2) is 12.6. The summed E-state index contributed by atoms with van der Waals surface area (Å²) < 4.78 is 31.3. The first-order chi connectivity index (χ1) is 22.5. The van der Waals surface area contributed by atoms with E-state index in [1.165, 1.54) is 4.31 Å². The molecule has 0 saturated carbocycles. The Labute approximate surface area is 270 Å². The quantitative estimate of drug-likeness (QED) is 0.160. The highest BCUT2D eigenvalue weighted by molar-refractivity contribution is 7.89. The van der Waals surface area contributed by atoms with Crippen LogP contribution in [0.4, 0.5) is 0 Å². The molecule has 1 aliphatic rings. The molecule has 5 heteroatoms. The number of hydrogen-bond donors (Lipinski definition) is 0. The summed E-state index contributed by atoms with van der Waals surface area (Å²) in [6.07, 6.45) is 2.46. The Bertz CT molecular complexity index is 2140. The maximum Gasteiger partial charge on any atom is 0.264 e. The fourth-order valence-corrected chi connectivity index (χ4v) is 8.30. The SMILES string of the molecule is O=C(c1cccc2ccccc12)C1CN(S(=O)(=O)c2ccccc2Cc2ccccc2)C(c2ccccc2)=CC1c1ccccc1. The van der Waals surface area contributed by atoms with E-state index in [2.05, 4.69) is 0 Å². The van der Waals surface area contributed by atoms with Crippen molar-refractivity contribution in [3.63, 3.8) is 0 Å². The molecule has 0 N–H and O–H groups in total. The minimum atomic E-state index is -4.09. The van der Waals surface area contributed by atoms with Crippen LogP contribution in [0.15, 0.2) is 169 Å². The average Bonchev–Trinajstić information content (AvgIpc) is 3.12. The third kappa shape index (κ3) is 5.66. The summed E-state index contributed by atoms with van der Waals surface area (Å²) in [4.78, 5) is 15.0. The van der Waals surface area contributed by atoms with Gasteiger partial charge < -0.3 is 0 Å². The molecule has 2 unspecified atom stereocenters. The van der Waals surface area contributed by atoms with E-state index in [-0.39, 0.29) is 23.1 Å². The van der Waals surface area contributed by atoms with Gasteiger partial charge in [-0.15, -0.1) is 0 Å². The van der Waals surface area contributed by atoms with Gasteiger partial charge in [0.05, 0.1) is 16.5 Å². The number of carbonyl (C=O) groups excluding carboxylic acids is 1. The Morgan fingerprint density at radius 3 is 2.02 bits per heavy atom. The lowest BCUT2D eigenvalue weighted by molar-refractivity contribution is 0.0898. The molecule has 2 atom stereocenters. The van der Waals surface area contributed by atoms with E-state index in [4.69, 9.17) is 0 Å². The summed E-state index contributed by atoms with van der Waals surface area (Å²) in [6.45, 7) is 0.00431. The molecule has 1 aliphatic heterocycles. The Morgan fingerprint density at radius 1 is 0.652 bits per heavy atom. The predicted molar refractivity (Wildman–Crippen MR) is 185 cm³/mol. The number of benzene rings is 6. The van der Waals surface area contributed by atoms with Gasteiger partial charge >= 0.3 is 0 Å². The number of hydrogen-bond acceptors (Lipinski definition) is 3. The Hall–Kier alpha value is -5.26. The molecule has 46 heavy (non-hydrogen) atoms. The number of carbonyl (C=O) groups is 1. The molecule has 0 aromatic heterocycles. The highest BCUT2D eigenvalue weighted by Gasteiger charge is 2.41. The van der Waals surface area contributed by atoms with E-state index >= 15 is 0 Å². The normalized spacial score (nSPS) is 16.6. The Morgan fingerprint density at radius 2 is 1.26 bits per heavy atom. The molecule has 0 saturated heterocycles. The zero-order chi connectivity index (χ0) is 31.5. The third-order valence-electron chi connectivity index (χ3n) is 8.83. The van der Waals surface area contributed by atoms with Gasteiger partial charge in [0.2, 0.25) is 0 Å². The van der Waals surface area contributed by atoms with Crippen molar-refractivity contribution in [1.82, 2.24) is 4.31 Å². The van der Waals surface area contributed by atoms with Crippen molar-refractivity contribution < 1.29 is 13.2 Å². The maximum atomic E-state index is 14.9. The summed E-state index contributed by atoms with van der Waals surface area (Å²) >= 11 is 0. The van der Waals surface area contributed by atoms with Crippen molar-refractivity contribution in [3.8, 4) is 0 Å². The fraction of sp³-hybridized carbons (Fsp3) is 0.0976. The van der Waals surface area contributed by atoms with Crippen molar-refractivity contribution in [2.45, 2.75) is 17.2 Å². The molecule has 0 bridgehead atoms. The molecular weight excluding hydrogens is 587 g/mol. The number of nitrogens with zero attached hydrogens (tertiary/aromatic N) is 1. The number of Topliss-reactive ketones (excluding diaryl/α,β-unsaturated/α-hetero) is 1. The minimum Gasteiger partial charge on any atom is -0.294 e. The number of fused-ring (bicyclic) bond motifs is 1. The molecular formula is C41H33NO3S. The first-order valence-corrected chi connectivity index (χ1v) is 16.9. The van der Waals surface area contributed by atoms with Gasteiger partial charge in [0.25, 0.3) is 10.0 Å². The van der Waals surface area contributed by atoms with Crippen LogP contribution in [-0.4, -0.2) is 25.1 Å².